The van der Waals surface area contributed by atoms with Crippen molar-refractivity contribution in [3.8, 4) is 11.4 Å². The van der Waals surface area contributed by atoms with Crippen LogP contribution in [0, 0.1) is 5.82 Å². The minimum absolute atomic E-state index is 0.0337. The molecule has 0 aliphatic rings. The molecule has 2 heterocycles. The molecule has 1 aromatic carbocycles. The lowest BCUT2D eigenvalue weighted by Gasteiger charge is -2.08. The average molecular weight is 334 g/mol. The first-order valence-electron chi connectivity index (χ1n) is 6.43. The van der Waals surface area contributed by atoms with Gasteiger partial charge in [-0.05, 0) is 12.1 Å². The Hall–Kier alpha value is -2.88. The van der Waals surface area contributed by atoms with Crippen LogP contribution in [0.3, 0.4) is 0 Å². The van der Waals surface area contributed by atoms with Crippen molar-refractivity contribution in [2.24, 2.45) is 0 Å². The summed E-state index contributed by atoms with van der Waals surface area (Å²) in [6, 6.07) is 4.58. The molecule has 0 saturated heterocycles. The number of imidazole rings is 1. The van der Waals surface area contributed by atoms with E-state index in [0.717, 1.165) is 4.31 Å². The third-order valence-corrected chi connectivity index (χ3v) is 3.36. The quantitative estimate of drug-likeness (QED) is 0.712. The van der Waals surface area contributed by atoms with Gasteiger partial charge in [0.2, 0.25) is 0 Å². The van der Waals surface area contributed by atoms with Gasteiger partial charge >= 0.3 is 6.09 Å². The van der Waals surface area contributed by atoms with Crippen molar-refractivity contribution in [3.05, 3.63) is 54.6 Å². The highest BCUT2D eigenvalue weighted by Crippen LogP contribution is 2.17. The summed E-state index contributed by atoms with van der Waals surface area (Å²) in [5.74, 6) is -0.445. The zero-order chi connectivity index (χ0) is 16.4. The number of benzene rings is 1. The highest BCUT2D eigenvalue weighted by Gasteiger charge is 2.12. The van der Waals surface area contributed by atoms with Gasteiger partial charge in [0.1, 0.15) is 11.5 Å². The van der Waals surface area contributed by atoms with Gasteiger partial charge in [0.25, 0.3) is 0 Å². The van der Waals surface area contributed by atoms with Crippen molar-refractivity contribution < 1.29 is 14.3 Å². The second kappa shape index (κ2) is 6.08. The molecule has 0 unspecified atom stereocenters. The Morgan fingerprint density at radius 3 is 2.91 bits per heavy atom. The van der Waals surface area contributed by atoms with Crippen LogP contribution in [0.25, 0.3) is 11.4 Å². The Bertz CT molecular complexity index is 835. The maximum Gasteiger partial charge on any atom is 0.417 e. The molecule has 3 aromatic rings. The number of amides is 1. The maximum absolute atomic E-state index is 14.2. The van der Waals surface area contributed by atoms with E-state index in [9.17, 15) is 9.18 Å². The molecule has 1 amide bonds. The van der Waals surface area contributed by atoms with Crippen molar-refractivity contribution >= 4 is 18.9 Å². The fraction of sp³-hybridized carbons (Fsp3) is 0.0769. The van der Waals surface area contributed by atoms with Crippen LogP contribution in [0.4, 0.5) is 9.18 Å². The summed E-state index contributed by atoms with van der Waals surface area (Å²) in [6.45, 7) is -0.0337. The predicted molar refractivity (Wildman–Crippen MR) is 81.0 cm³/mol. The van der Waals surface area contributed by atoms with Gasteiger partial charge < -0.3 is 9.67 Å². The second-order valence-electron chi connectivity index (χ2n) is 4.60. The number of carboxylic acid groups (broad SMARTS) is 1. The molecule has 10 heteroatoms. The molecule has 2 aromatic heterocycles. The van der Waals surface area contributed by atoms with Gasteiger partial charge in [-0.1, -0.05) is 18.0 Å². The largest absolute Gasteiger partial charge is 0.464 e. The zero-order valence-corrected chi connectivity index (χ0v) is 12.5. The smallest absolute Gasteiger partial charge is 0.417 e. The van der Waals surface area contributed by atoms with Crippen LogP contribution in [0.15, 0.2) is 43.1 Å². The molecule has 0 atom stereocenters. The molecule has 0 spiro atoms. The summed E-state index contributed by atoms with van der Waals surface area (Å²) in [4.78, 5) is 14.6. The van der Waals surface area contributed by atoms with Crippen LogP contribution in [0.1, 0.15) is 5.69 Å². The maximum atomic E-state index is 14.2. The van der Waals surface area contributed by atoms with Gasteiger partial charge in [-0.2, -0.15) is 0 Å². The molecular weight excluding hydrogens is 323 g/mol. The molecule has 3 rings (SSSR count). The van der Waals surface area contributed by atoms with E-state index >= 15 is 0 Å². The molecule has 8 nitrogen and oxygen atoms in total. The van der Waals surface area contributed by atoms with E-state index in [1.54, 1.807) is 29.1 Å². The Morgan fingerprint density at radius 1 is 1.43 bits per heavy atom. The Balaban J connectivity index is 1.84. The highest BCUT2D eigenvalue weighted by molar-refractivity contribution is 7.78. The van der Waals surface area contributed by atoms with Crippen LogP contribution in [0.5, 0.6) is 0 Å². The Morgan fingerprint density at radius 2 is 2.26 bits per heavy atom. The summed E-state index contributed by atoms with van der Waals surface area (Å²) < 4.78 is 17.9. The number of thiol groups is 1. The van der Waals surface area contributed by atoms with E-state index in [2.05, 4.69) is 28.1 Å². The minimum atomic E-state index is -1.20. The molecule has 0 bridgehead atoms. The van der Waals surface area contributed by atoms with Gasteiger partial charge in [0, 0.05) is 18.5 Å². The van der Waals surface area contributed by atoms with Crippen LogP contribution < -0.4 is 0 Å². The average Bonchev–Trinajstić information content (AvgIpc) is 3.18. The minimum Gasteiger partial charge on any atom is -0.464 e. The number of rotatable bonds is 4. The fourth-order valence-electron chi connectivity index (χ4n) is 1.97. The number of aromatic nitrogens is 5. The number of hydrogen-bond acceptors (Lipinski definition) is 5. The number of halogens is 1. The van der Waals surface area contributed by atoms with Gasteiger partial charge in [-0.25, -0.2) is 23.2 Å². The normalized spacial score (nSPS) is 10.7. The SMILES string of the molecule is O=C(O)N(S)Cc1cn(-c2ccc(-n3ccnc3)c(F)c2)nn1. The third-order valence-electron chi connectivity index (χ3n) is 3.05. The number of hydrogen-bond donors (Lipinski definition) is 2. The van der Waals surface area contributed by atoms with Crippen molar-refractivity contribution in [3.63, 3.8) is 0 Å². The molecule has 0 saturated carbocycles. The monoisotopic (exact) mass is 334 g/mol. The Labute approximate surface area is 135 Å². The summed E-state index contributed by atoms with van der Waals surface area (Å²) in [5.41, 5.74) is 1.21. The summed E-state index contributed by atoms with van der Waals surface area (Å²) in [7, 11) is 0. The fourth-order valence-corrected chi connectivity index (χ4v) is 2.11. The number of carbonyl (C=O) groups is 1. The van der Waals surface area contributed by atoms with Crippen molar-refractivity contribution in [1.82, 2.24) is 28.9 Å². The van der Waals surface area contributed by atoms with E-state index in [1.165, 1.54) is 23.3 Å². The highest BCUT2D eigenvalue weighted by atomic mass is 32.1. The molecule has 0 fully saturated rings. The standard InChI is InChI=1S/C13H11FN6O2S/c14-11-5-10(1-2-12(11)18-4-3-15-8-18)19-6-9(16-17-19)7-20(23)13(21)22/h1-6,8,23H,7H2,(H,21,22). The van der Waals surface area contributed by atoms with Crippen molar-refractivity contribution in [1.29, 1.82) is 0 Å². The predicted octanol–water partition coefficient (Wildman–Crippen LogP) is 1.92. The summed E-state index contributed by atoms with van der Waals surface area (Å²) in [6.07, 6.45) is 5.01. The molecule has 1 N–H and O–H groups in total. The van der Waals surface area contributed by atoms with Gasteiger partial charge in [-0.3, -0.25) is 0 Å². The van der Waals surface area contributed by atoms with Crippen molar-refractivity contribution in [2.45, 2.75) is 6.54 Å². The molecular formula is C13H11FN6O2S. The zero-order valence-electron chi connectivity index (χ0n) is 11.6. The Kier molecular flexibility index (Phi) is 3.98. The van der Waals surface area contributed by atoms with Crippen LogP contribution in [0.2, 0.25) is 0 Å². The van der Waals surface area contributed by atoms with Crippen LogP contribution >= 0.6 is 12.8 Å². The van der Waals surface area contributed by atoms with E-state index in [1.807, 2.05) is 0 Å². The molecule has 0 aliphatic carbocycles. The molecule has 0 aliphatic heterocycles. The lowest BCUT2D eigenvalue weighted by atomic mass is 10.2. The first-order chi connectivity index (χ1) is 11.0. The lowest BCUT2D eigenvalue weighted by molar-refractivity contribution is 0.174. The van der Waals surface area contributed by atoms with Gasteiger partial charge in [0.15, 0.2) is 0 Å². The van der Waals surface area contributed by atoms with Crippen LogP contribution in [-0.2, 0) is 6.54 Å². The van der Waals surface area contributed by atoms with E-state index in [0.29, 0.717) is 17.1 Å². The molecule has 118 valence electrons. The first-order valence-corrected chi connectivity index (χ1v) is 6.83. The summed E-state index contributed by atoms with van der Waals surface area (Å²) in [5, 5.41) is 16.5. The molecule has 0 radical (unpaired) electrons. The van der Waals surface area contributed by atoms with Gasteiger partial charge in [0.05, 0.1) is 30.4 Å². The second-order valence-corrected chi connectivity index (χ2v) is 5.08. The van der Waals surface area contributed by atoms with E-state index < -0.39 is 11.9 Å². The lowest BCUT2D eigenvalue weighted by Crippen LogP contribution is -2.18. The van der Waals surface area contributed by atoms with Crippen LogP contribution in [-0.4, -0.2) is 40.0 Å². The summed E-state index contributed by atoms with van der Waals surface area (Å²) >= 11 is 3.79. The van der Waals surface area contributed by atoms with E-state index in [-0.39, 0.29) is 6.54 Å². The third kappa shape index (κ3) is 3.16. The first kappa shape index (κ1) is 15.0. The van der Waals surface area contributed by atoms with Crippen molar-refractivity contribution in [2.75, 3.05) is 0 Å². The topological polar surface area (TPSA) is 89.1 Å². The van der Waals surface area contributed by atoms with E-state index in [4.69, 9.17) is 5.11 Å². The van der Waals surface area contributed by atoms with Gasteiger partial charge in [-0.15, -0.1) is 5.10 Å². The number of nitrogens with zero attached hydrogens (tertiary/aromatic N) is 6. The molecule has 23 heavy (non-hydrogen) atoms.